The minimum atomic E-state index is -0.720. The number of fused-ring (bicyclic) bond motifs is 1. The van der Waals surface area contributed by atoms with E-state index in [0.29, 0.717) is 24.9 Å². The topological polar surface area (TPSA) is 107 Å². The molecule has 0 unspecified atom stereocenters. The largest absolute Gasteiger partial charge is 0.508 e. The normalized spacial score (nSPS) is 11.8. The molecule has 34 heavy (non-hydrogen) atoms. The summed E-state index contributed by atoms with van der Waals surface area (Å²) in [5.41, 5.74) is 4.43. The Morgan fingerprint density at radius 3 is 2.74 bits per heavy atom. The lowest BCUT2D eigenvalue weighted by Crippen LogP contribution is -2.47. The van der Waals surface area contributed by atoms with Gasteiger partial charge in [0.05, 0.1) is 0 Å². The van der Waals surface area contributed by atoms with Crippen LogP contribution in [0.1, 0.15) is 28.7 Å². The third-order valence-electron chi connectivity index (χ3n) is 5.71. The number of benzene rings is 2. The zero-order valence-corrected chi connectivity index (χ0v) is 19.0. The van der Waals surface area contributed by atoms with E-state index in [1.54, 1.807) is 24.4 Å². The maximum Gasteiger partial charge on any atom is 0.243 e. The molecular weight excluding hydrogens is 428 g/mol. The number of phenols is 1. The molecule has 0 bridgehead atoms. The molecule has 174 valence electrons. The van der Waals surface area contributed by atoms with Gasteiger partial charge in [-0.2, -0.15) is 0 Å². The molecule has 7 heteroatoms. The van der Waals surface area contributed by atoms with E-state index in [0.717, 1.165) is 27.7 Å². The Morgan fingerprint density at radius 2 is 1.91 bits per heavy atom. The molecule has 2 heterocycles. The summed E-state index contributed by atoms with van der Waals surface area (Å²) in [5, 5.41) is 16.7. The van der Waals surface area contributed by atoms with Gasteiger partial charge in [0.1, 0.15) is 17.4 Å². The summed E-state index contributed by atoms with van der Waals surface area (Å²) < 4.78 is 0. The molecule has 0 aliphatic rings. The molecular formula is C27H28N4O3. The van der Waals surface area contributed by atoms with E-state index in [4.69, 9.17) is 0 Å². The molecule has 4 rings (SSSR count). The van der Waals surface area contributed by atoms with E-state index in [2.05, 4.69) is 20.6 Å². The summed E-state index contributed by atoms with van der Waals surface area (Å²) in [5.74, 6) is -0.338. The Hall–Kier alpha value is -4.13. The number of H-pyrrole nitrogens is 1. The molecule has 0 radical (unpaired) electrons. The van der Waals surface area contributed by atoms with Gasteiger partial charge >= 0.3 is 0 Å². The van der Waals surface area contributed by atoms with Gasteiger partial charge in [-0.3, -0.25) is 9.59 Å². The van der Waals surface area contributed by atoms with Gasteiger partial charge in [0.2, 0.25) is 11.8 Å². The number of aryl methyl sites for hydroxylation is 2. The van der Waals surface area contributed by atoms with Crippen molar-refractivity contribution in [2.45, 2.75) is 38.8 Å². The maximum atomic E-state index is 13.1. The first-order valence-electron chi connectivity index (χ1n) is 11.3. The van der Waals surface area contributed by atoms with Gasteiger partial charge in [0, 0.05) is 37.2 Å². The van der Waals surface area contributed by atoms with Gasteiger partial charge in [-0.1, -0.05) is 48.0 Å². The highest BCUT2D eigenvalue weighted by Crippen LogP contribution is 2.17. The van der Waals surface area contributed by atoms with E-state index in [-0.39, 0.29) is 24.0 Å². The SMILES string of the molecule is Cc1cccc(C[C@H](NC(=O)CCc2ccccc2O)C(=O)NCc2cnc3[nH]ccc3c2)c1. The van der Waals surface area contributed by atoms with Crippen LogP contribution in [0, 0.1) is 6.92 Å². The summed E-state index contributed by atoms with van der Waals surface area (Å²) in [6.07, 6.45) is 4.48. The Bertz CT molecular complexity index is 1300. The number of aromatic nitrogens is 2. The van der Waals surface area contributed by atoms with Crippen molar-refractivity contribution < 1.29 is 14.7 Å². The molecule has 0 aliphatic carbocycles. The predicted molar refractivity (Wildman–Crippen MR) is 131 cm³/mol. The van der Waals surface area contributed by atoms with Crippen LogP contribution in [0.3, 0.4) is 0 Å². The van der Waals surface area contributed by atoms with E-state index in [1.165, 1.54) is 0 Å². The van der Waals surface area contributed by atoms with Gasteiger partial charge in [-0.05, 0) is 48.2 Å². The minimum Gasteiger partial charge on any atom is -0.508 e. The number of nitrogens with zero attached hydrogens (tertiary/aromatic N) is 1. The summed E-state index contributed by atoms with van der Waals surface area (Å²) >= 11 is 0. The van der Waals surface area contributed by atoms with Gasteiger partial charge in [0.15, 0.2) is 0 Å². The molecule has 1 atom stereocenters. The van der Waals surface area contributed by atoms with Crippen molar-refractivity contribution in [2.24, 2.45) is 0 Å². The number of carbonyl (C=O) groups excluding carboxylic acids is 2. The van der Waals surface area contributed by atoms with Crippen LogP contribution in [0.15, 0.2) is 73.1 Å². The van der Waals surface area contributed by atoms with Crippen LogP contribution in [0.2, 0.25) is 0 Å². The second-order valence-corrected chi connectivity index (χ2v) is 8.42. The third kappa shape index (κ3) is 6.01. The number of aromatic hydroxyl groups is 1. The number of amides is 2. The van der Waals surface area contributed by atoms with Crippen LogP contribution in [-0.4, -0.2) is 32.9 Å². The van der Waals surface area contributed by atoms with E-state index in [1.807, 2.05) is 55.6 Å². The van der Waals surface area contributed by atoms with Crippen molar-refractivity contribution in [2.75, 3.05) is 0 Å². The van der Waals surface area contributed by atoms with E-state index >= 15 is 0 Å². The second-order valence-electron chi connectivity index (χ2n) is 8.42. The van der Waals surface area contributed by atoms with Crippen LogP contribution < -0.4 is 10.6 Å². The van der Waals surface area contributed by atoms with E-state index < -0.39 is 6.04 Å². The van der Waals surface area contributed by atoms with Gasteiger partial charge in [0.25, 0.3) is 0 Å². The molecule has 0 saturated heterocycles. The fraction of sp³-hybridized carbons (Fsp3) is 0.222. The molecule has 0 aliphatic heterocycles. The highest BCUT2D eigenvalue weighted by molar-refractivity contribution is 5.88. The maximum absolute atomic E-state index is 13.1. The zero-order valence-electron chi connectivity index (χ0n) is 19.0. The van der Waals surface area contributed by atoms with Crippen molar-refractivity contribution in [1.29, 1.82) is 0 Å². The van der Waals surface area contributed by atoms with Crippen molar-refractivity contribution in [1.82, 2.24) is 20.6 Å². The summed E-state index contributed by atoms with van der Waals surface area (Å²) in [6, 6.07) is 18.0. The number of rotatable bonds is 9. The zero-order chi connectivity index (χ0) is 23.9. The quantitative estimate of drug-likeness (QED) is 0.309. The lowest BCUT2D eigenvalue weighted by atomic mass is 10.0. The fourth-order valence-corrected chi connectivity index (χ4v) is 3.92. The Kier molecular flexibility index (Phi) is 7.22. The van der Waals surface area contributed by atoms with Crippen molar-refractivity contribution in [3.8, 4) is 5.75 Å². The fourth-order valence-electron chi connectivity index (χ4n) is 3.92. The number of hydrogen-bond donors (Lipinski definition) is 4. The number of phenolic OH excluding ortho intramolecular Hbond substituents is 1. The van der Waals surface area contributed by atoms with E-state index in [9.17, 15) is 14.7 Å². The molecule has 0 saturated carbocycles. The second kappa shape index (κ2) is 10.7. The highest BCUT2D eigenvalue weighted by atomic mass is 16.3. The van der Waals surface area contributed by atoms with Crippen molar-refractivity contribution in [3.05, 3.63) is 95.3 Å². The molecule has 4 aromatic rings. The average Bonchev–Trinajstić information content (AvgIpc) is 3.29. The number of pyridine rings is 1. The third-order valence-corrected chi connectivity index (χ3v) is 5.71. The average molecular weight is 457 g/mol. The molecule has 4 N–H and O–H groups in total. The Balaban J connectivity index is 1.42. The van der Waals surface area contributed by atoms with Crippen LogP contribution in [0.4, 0.5) is 0 Å². The monoisotopic (exact) mass is 456 g/mol. The first kappa shape index (κ1) is 23.0. The molecule has 2 aromatic carbocycles. The Morgan fingerprint density at radius 1 is 1.06 bits per heavy atom. The number of hydrogen-bond acceptors (Lipinski definition) is 4. The predicted octanol–water partition coefficient (Wildman–Crippen LogP) is 3.55. The van der Waals surface area contributed by atoms with Crippen molar-refractivity contribution in [3.63, 3.8) is 0 Å². The number of carbonyl (C=O) groups is 2. The minimum absolute atomic E-state index is 0.164. The number of aromatic amines is 1. The van der Waals surface area contributed by atoms with Crippen LogP contribution in [-0.2, 0) is 29.0 Å². The number of para-hydroxylation sites is 1. The number of nitrogens with one attached hydrogen (secondary N) is 3. The van der Waals surface area contributed by atoms with Crippen LogP contribution >= 0.6 is 0 Å². The molecule has 0 fully saturated rings. The molecule has 2 aromatic heterocycles. The van der Waals surface area contributed by atoms with Gasteiger partial charge in [-0.25, -0.2) is 4.98 Å². The molecule has 2 amide bonds. The Labute approximate surface area is 198 Å². The van der Waals surface area contributed by atoms with Crippen LogP contribution in [0.25, 0.3) is 11.0 Å². The van der Waals surface area contributed by atoms with Crippen molar-refractivity contribution >= 4 is 22.8 Å². The summed E-state index contributed by atoms with van der Waals surface area (Å²) in [6.45, 7) is 2.30. The molecule has 7 nitrogen and oxygen atoms in total. The molecule has 0 spiro atoms. The summed E-state index contributed by atoms with van der Waals surface area (Å²) in [7, 11) is 0. The van der Waals surface area contributed by atoms with Gasteiger partial charge in [-0.15, -0.1) is 0 Å². The smallest absolute Gasteiger partial charge is 0.243 e. The summed E-state index contributed by atoms with van der Waals surface area (Å²) in [4.78, 5) is 33.2. The van der Waals surface area contributed by atoms with Crippen LogP contribution in [0.5, 0.6) is 5.75 Å². The lowest BCUT2D eigenvalue weighted by molar-refractivity contribution is -0.129. The highest BCUT2D eigenvalue weighted by Gasteiger charge is 2.21. The first-order chi connectivity index (χ1) is 16.5. The lowest BCUT2D eigenvalue weighted by Gasteiger charge is -2.19. The standard InChI is InChI=1S/C27H28N4O3/c1-18-5-4-6-19(13-18)15-23(31-25(33)10-9-21-7-2-3-8-24(21)32)27(34)30-17-20-14-22-11-12-28-26(22)29-16-20/h2-8,11-14,16,23,32H,9-10,15,17H2,1H3,(H,28,29)(H,30,34)(H,31,33)/t23-/m0/s1. The van der Waals surface area contributed by atoms with Gasteiger partial charge < -0.3 is 20.7 Å². The first-order valence-corrected chi connectivity index (χ1v) is 11.3.